The van der Waals surface area contributed by atoms with Crippen LogP contribution in [0.2, 0.25) is 10.0 Å². The fourth-order valence-electron chi connectivity index (χ4n) is 2.74. The molecule has 0 bridgehead atoms. The van der Waals surface area contributed by atoms with E-state index in [-0.39, 0.29) is 5.56 Å². The zero-order chi connectivity index (χ0) is 18.9. The highest BCUT2D eigenvalue weighted by Crippen LogP contribution is 2.26. The Morgan fingerprint density at radius 1 is 1.04 bits per heavy atom. The van der Waals surface area contributed by atoms with Gasteiger partial charge in [0.25, 0.3) is 5.91 Å². The molecule has 0 saturated carbocycles. The number of sulfonamides is 1. The molecule has 5 nitrogen and oxygen atoms in total. The van der Waals surface area contributed by atoms with Crippen molar-refractivity contribution in [2.75, 3.05) is 18.4 Å². The van der Waals surface area contributed by atoms with Gasteiger partial charge in [0, 0.05) is 34.4 Å². The number of anilines is 1. The highest BCUT2D eigenvalue weighted by molar-refractivity contribution is 7.89. The molecule has 1 aliphatic rings. The Bertz CT molecular complexity index is 940. The normalized spacial score (nSPS) is 15.2. The number of nitrogens with zero attached hydrogens (tertiary/aromatic N) is 1. The Morgan fingerprint density at radius 3 is 2.27 bits per heavy atom. The van der Waals surface area contributed by atoms with E-state index in [2.05, 4.69) is 5.32 Å². The highest BCUT2D eigenvalue weighted by Gasteiger charge is 2.30. The topological polar surface area (TPSA) is 66.5 Å². The number of amides is 1. The summed E-state index contributed by atoms with van der Waals surface area (Å²) in [7, 11) is -3.98. The molecule has 0 aromatic heterocycles. The second-order valence-electron chi connectivity index (χ2n) is 5.87. The lowest BCUT2D eigenvalue weighted by molar-refractivity contribution is 0.102. The molecule has 3 rings (SSSR count). The van der Waals surface area contributed by atoms with E-state index in [1.165, 1.54) is 28.6 Å². The summed E-state index contributed by atoms with van der Waals surface area (Å²) in [5, 5.41) is 3.24. The van der Waals surface area contributed by atoms with Gasteiger partial charge < -0.3 is 5.32 Å². The summed E-state index contributed by atoms with van der Waals surface area (Å²) < 4.78 is 40.6. The molecule has 0 spiro atoms. The summed E-state index contributed by atoms with van der Waals surface area (Å²) in [5.74, 6) is -1.49. The van der Waals surface area contributed by atoms with Crippen LogP contribution in [-0.4, -0.2) is 31.7 Å². The van der Waals surface area contributed by atoms with Crippen LogP contribution in [0.15, 0.2) is 41.3 Å². The van der Waals surface area contributed by atoms with Crippen LogP contribution in [0.5, 0.6) is 0 Å². The first-order chi connectivity index (χ1) is 12.3. The maximum Gasteiger partial charge on any atom is 0.255 e. The Balaban J connectivity index is 1.90. The minimum absolute atomic E-state index is 0.0141. The molecule has 2 aromatic rings. The highest BCUT2D eigenvalue weighted by atomic mass is 35.5. The van der Waals surface area contributed by atoms with E-state index in [4.69, 9.17) is 23.2 Å². The third-order valence-corrected chi connectivity index (χ3v) is 6.35. The zero-order valence-corrected chi connectivity index (χ0v) is 15.8. The van der Waals surface area contributed by atoms with Gasteiger partial charge in [-0.05, 0) is 49.2 Å². The Labute approximate surface area is 160 Å². The fourth-order valence-corrected chi connectivity index (χ4v) is 4.87. The van der Waals surface area contributed by atoms with Crippen LogP contribution in [0.25, 0.3) is 0 Å². The van der Waals surface area contributed by atoms with E-state index in [1.807, 2.05) is 0 Å². The monoisotopic (exact) mass is 416 g/mol. The quantitative estimate of drug-likeness (QED) is 0.812. The van der Waals surface area contributed by atoms with Crippen molar-refractivity contribution < 1.29 is 17.6 Å². The molecule has 1 aliphatic heterocycles. The van der Waals surface area contributed by atoms with Crippen LogP contribution in [0, 0.1) is 5.82 Å². The van der Waals surface area contributed by atoms with Crippen molar-refractivity contribution >= 4 is 44.8 Å². The molecule has 1 saturated heterocycles. The lowest BCUT2D eigenvalue weighted by atomic mass is 10.2. The van der Waals surface area contributed by atoms with E-state index < -0.39 is 26.6 Å². The van der Waals surface area contributed by atoms with Gasteiger partial charge in [-0.1, -0.05) is 23.2 Å². The standard InChI is InChI=1S/C17H15Cl2FN2O3S/c18-12-8-13(19)10-14(9-12)21-17(23)11-3-4-15(20)16(7-11)26(24,25)22-5-1-2-6-22/h3-4,7-10H,1-2,5-6H2,(H,21,23). The summed E-state index contributed by atoms with van der Waals surface area (Å²) in [4.78, 5) is 11.9. The summed E-state index contributed by atoms with van der Waals surface area (Å²) in [6.45, 7) is 0.693. The molecule has 1 N–H and O–H groups in total. The molecule has 9 heteroatoms. The number of hydrogen-bond acceptors (Lipinski definition) is 3. The first-order valence-corrected chi connectivity index (χ1v) is 10.0. The Kier molecular flexibility index (Phi) is 5.53. The number of benzene rings is 2. The minimum Gasteiger partial charge on any atom is -0.322 e. The van der Waals surface area contributed by atoms with Gasteiger partial charge >= 0.3 is 0 Å². The van der Waals surface area contributed by atoms with Gasteiger partial charge in [-0.3, -0.25) is 4.79 Å². The van der Waals surface area contributed by atoms with Crippen molar-refractivity contribution in [3.63, 3.8) is 0 Å². The van der Waals surface area contributed by atoms with E-state index in [0.29, 0.717) is 28.8 Å². The van der Waals surface area contributed by atoms with E-state index >= 15 is 0 Å². The van der Waals surface area contributed by atoms with Crippen LogP contribution >= 0.6 is 23.2 Å². The predicted octanol–water partition coefficient (Wildman–Crippen LogP) is 4.17. The second-order valence-corrected chi connectivity index (χ2v) is 8.65. The average Bonchev–Trinajstić information content (AvgIpc) is 3.09. The molecule has 2 aromatic carbocycles. The average molecular weight is 417 g/mol. The number of carbonyl (C=O) groups is 1. The first-order valence-electron chi connectivity index (χ1n) is 7.84. The van der Waals surface area contributed by atoms with Crippen LogP contribution in [-0.2, 0) is 10.0 Å². The predicted molar refractivity (Wildman–Crippen MR) is 98.8 cm³/mol. The summed E-state index contributed by atoms with van der Waals surface area (Å²) >= 11 is 11.8. The third kappa shape index (κ3) is 4.01. The van der Waals surface area contributed by atoms with E-state index in [1.54, 1.807) is 0 Å². The summed E-state index contributed by atoms with van der Waals surface area (Å²) in [5.41, 5.74) is 0.362. The van der Waals surface area contributed by atoms with Crippen LogP contribution in [0.4, 0.5) is 10.1 Å². The molecule has 0 aliphatic carbocycles. The van der Waals surface area contributed by atoms with Gasteiger partial charge in [0.15, 0.2) is 0 Å². The molecule has 26 heavy (non-hydrogen) atoms. The van der Waals surface area contributed by atoms with Crippen molar-refractivity contribution in [2.24, 2.45) is 0 Å². The van der Waals surface area contributed by atoms with Gasteiger partial charge in [-0.2, -0.15) is 4.31 Å². The molecule has 138 valence electrons. The number of rotatable bonds is 4. The van der Waals surface area contributed by atoms with Gasteiger partial charge in [0.05, 0.1) is 0 Å². The molecule has 0 radical (unpaired) electrons. The number of nitrogens with one attached hydrogen (secondary N) is 1. The minimum atomic E-state index is -3.98. The largest absolute Gasteiger partial charge is 0.322 e. The lowest BCUT2D eigenvalue weighted by Crippen LogP contribution is -2.29. The van der Waals surface area contributed by atoms with Gasteiger partial charge in [-0.15, -0.1) is 0 Å². The van der Waals surface area contributed by atoms with Crippen molar-refractivity contribution in [1.29, 1.82) is 0 Å². The maximum atomic E-state index is 14.1. The molecule has 1 amide bonds. The van der Waals surface area contributed by atoms with Crippen LogP contribution < -0.4 is 5.32 Å². The molecule has 0 atom stereocenters. The molecular weight excluding hydrogens is 402 g/mol. The summed E-state index contributed by atoms with van der Waals surface area (Å²) in [6, 6.07) is 7.75. The summed E-state index contributed by atoms with van der Waals surface area (Å²) in [6.07, 6.45) is 1.47. The molecular formula is C17H15Cl2FN2O3S. The smallest absolute Gasteiger partial charge is 0.255 e. The van der Waals surface area contributed by atoms with E-state index in [9.17, 15) is 17.6 Å². The van der Waals surface area contributed by atoms with Gasteiger partial charge in [0.2, 0.25) is 10.0 Å². The molecule has 0 unspecified atom stereocenters. The van der Waals surface area contributed by atoms with Crippen molar-refractivity contribution in [3.8, 4) is 0 Å². The van der Waals surface area contributed by atoms with Gasteiger partial charge in [-0.25, -0.2) is 12.8 Å². The van der Waals surface area contributed by atoms with Crippen LogP contribution in [0.3, 0.4) is 0 Å². The first kappa shape index (κ1) is 19.1. The lowest BCUT2D eigenvalue weighted by Gasteiger charge is -2.16. The third-order valence-electron chi connectivity index (χ3n) is 4.00. The molecule has 1 heterocycles. The van der Waals surface area contributed by atoms with Crippen molar-refractivity contribution in [2.45, 2.75) is 17.7 Å². The number of carbonyl (C=O) groups excluding carboxylic acids is 1. The SMILES string of the molecule is O=C(Nc1cc(Cl)cc(Cl)c1)c1ccc(F)c(S(=O)(=O)N2CCCC2)c1. The van der Waals surface area contributed by atoms with Crippen molar-refractivity contribution in [1.82, 2.24) is 4.31 Å². The second kappa shape index (κ2) is 7.52. The van der Waals surface area contributed by atoms with Gasteiger partial charge in [0.1, 0.15) is 10.7 Å². The van der Waals surface area contributed by atoms with Crippen LogP contribution in [0.1, 0.15) is 23.2 Å². The maximum absolute atomic E-state index is 14.1. The van der Waals surface area contributed by atoms with E-state index in [0.717, 1.165) is 25.0 Å². The zero-order valence-electron chi connectivity index (χ0n) is 13.5. The van der Waals surface area contributed by atoms with Crippen molar-refractivity contribution in [3.05, 3.63) is 57.8 Å². The fraction of sp³-hybridized carbons (Fsp3) is 0.235. The number of halogens is 3. The number of hydrogen-bond donors (Lipinski definition) is 1. The Morgan fingerprint density at radius 2 is 1.65 bits per heavy atom. The Hall–Kier alpha value is -1.67. The molecule has 1 fully saturated rings.